The van der Waals surface area contributed by atoms with E-state index < -0.39 is 0 Å². The van der Waals surface area contributed by atoms with Crippen LogP contribution in [0.2, 0.25) is 0 Å². The summed E-state index contributed by atoms with van der Waals surface area (Å²) in [5.41, 5.74) is 7.62. The van der Waals surface area contributed by atoms with Gasteiger partial charge in [-0.1, -0.05) is 29.8 Å². The number of nitrogens with two attached hydrogens (primary N) is 1. The number of benzene rings is 1. The number of hydrogen-bond acceptors (Lipinski definition) is 3. The minimum atomic E-state index is -0.0380. The topological polar surface area (TPSA) is 75.4 Å². The SMILES string of the molecule is Cc1ccc(CC(=O)N2CCCCC2CNC(=O)CCN)cc1.Cl. The van der Waals surface area contributed by atoms with Crippen molar-refractivity contribution in [2.75, 3.05) is 19.6 Å². The standard InChI is InChI=1S/C18H27N3O2.ClH/c1-14-5-7-15(8-6-14)12-18(23)21-11-3-2-4-16(21)13-20-17(22)9-10-19;/h5-8,16H,2-4,9-13,19H2,1H3,(H,20,22);1H. The lowest BCUT2D eigenvalue weighted by atomic mass is 10.0. The molecule has 1 unspecified atom stereocenters. The normalized spacial score (nSPS) is 17.1. The van der Waals surface area contributed by atoms with Gasteiger partial charge in [0.1, 0.15) is 0 Å². The highest BCUT2D eigenvalue weighted by atomic mass is 35.5. The van der Waals surface area contributed by atoms with E-state index in [2.05, 4.69) is 5.32 Å². The first kappa shape index (κ1) is 20.5. The van der Waals surface area contributed by atoms with Gasteiger partial charge in [0.05, 0.1) is 6.42 Å². The first-order valence-corrected chi connectivity index (χ1v) is 8.42. The van der Waals surface area contributed by atoms with Gasteiger partial charge in [-0.15, -0.1) is 12.4 Å². The second kappa shape index (κ2) is 10.3. The summed E-state index contributed by atoms with van der Waals surface area (Å²) in [5.74, 6) is 0.107. The fourth-order valence-corrected chi connectivity index (χ4v) is 2.97. The lowest BCUT2D eigenvalue weighted by Crippen LogP contribution is -2.50. The van der Waals surface area contributed by atoms with Gasteiger partial charge in [-0.05, 0) is 31.7 Å². The molecule has 0 bridgehead atoms. The molecule has 5 nitrogen and oxygen atoms in total. The highest BCUT2D eigenvalue weighted by Crippen LogP contribution is 2.18. The summed E-state index contributed by atoms with van der Waals surface area (Å²) in [4.78, 5) is 26.2. The van der Waals surface area contributed by atoms with E-state index in [-0.39, 0.29) is 30.3 Å². The fraction of sp³-hybridized carbons (Fsp3) is 0.556. The third-order valence-electron chi connectivity index (χ3n) is 4.33. The van der Waals surface area contributed by atoms with Crippen molar-refractivity contribution in [3.05, 3.63) is 35.4 Å². The molecule has 0 aliphatic carbocycles. The van der Waals surface area contributed by atoms with Crippen molar-refractivity contribution in [1.82, 2.24) is 10.2 Å². The Labute approximate surface area is 150 Å². The maximum Gasteiger partial charge on any atom is 0.227 e. The molecule has 1 heterocycles. The predicted molar refractivity (Wildman–Crippen MR) is 98.2 cm³/mol. The first-order chi connectivity index (χ1) is 11.1. The van der Waals surface area contributed by atoms with Crippen molar-refractivity contribution in [2.24, 2.45) is 5.73 Å². The Morgan fingerprint density at radius 1 is 1.25 bits per heavy atom. The average Bonchev–Trinajstić information content (AvgIpc) is 2.55. The van der Waals surface area contributed by atoms with Gasteiger partial charge in [-0.2, -0.15) is 0 Å². The molecule has 3 N–H and O–H groups in total. The summed E-state index contributed by atoms with van der Waals surface area (Å²) >= 11 is 0. The summed E-state index contributed by atoms with van der Waals surface area (Å²) in [6, 6.07) is 8.18. The van der Waals surface area contributed by atoms with E-state index in [1.165, 1.54) is 5.56 Å². The number of rotatable bonds is 6. The highest BCUT2D eigenvalue weighted by Gasteiger charge is 2.26. The van der Waals surface area contributed by atoms with Gasteiger partial charge >= 0.3 is 0 Å². The minimum Gasteiger partial charge on any atom is -0.354 e. The molecule has 1 saturated heterocycles. The Hall–Kier alpha value is -1.59. The number of piperidine rings is 1. The van der Waals surface area contributed by atoms with Gasteiger partial charge in [-0.3, -0.25) is 9.59 Å². The summed E-state index contributed by atoms with van der Waals surface area (Å²) in [5, 5.41) is 2.90. The van der Waals surface area contributed by atoms with E-state index >= 15 is 0 Å². The van der Waals surface area contributed by atoms with Crippen LogP contribution in [0.25, 0.3) is 0 Å². The van der Waals surface area contributed by atoms with Gasteiger partial charge in [-0.25, -0.2) is 0 Å². The molecule has 24 heavy (non-hydrogen) atoms. The molecule has 0 spiro atoms. The number of likely N-dealkylation sites (tertiary alicyclic amines) is 1. The monoisotopic (exact) mass is 353 g/mol. The van der Waals surface area contributed by atoms with Crippen molar-refractivity contribution < 1.29 is 9.59 Å². The van der Waals surface area contributed by atoms with Crippen LogP contribution < -0.4 is 11.1 Å². The molecule has 0 radical (unpaired) electrons. The van der Waals surface area contributed by atoms with Crippen LogP contribution in [0.3, 0.4) is 0 Å². The van der Waals surface area contributed by atoms with Crippen LogP contribution in [0.4, 0.5) is 0 Å². The third kappa shape index (κ3) is 6.13. The third-order valence-corrected chi connectivity index (χ3v) is 4.33. The van der Waals surface area contributed by atoms with Crippen molar-refractivity contribution in [3.8, 4) is 0 Å². The van der Waals surface area contributed by atoms with Crippen LogP contribution in [0.1, 0.15) is 36.8 Å². The van der Waals surface area contributed by atoms with E-state index in [1.54, 1.807) is 0 Å². The molecule has 0 saturated carbocycles. The second-order valence-electron chi connectivity index (χ2n) is 6.24. The number of nitrogens with zero attached hydrogens (tertiary/aromatic N) is 1. The molecule has 2 amide bonds. The van der Waals surface area contributed by atoms with E-state index in [0.717, 1.165) is 31.4 Å². The van der Waals surface area contributed by atoms with Crippen molar-refractivity contribution >= 4 is 24.2 Å². The number of halogens is 1. The number of aryl methyl sites for hydroxylation is 1. The van der Waals surface area contributed by atoms with E-state index in [1.807, 2.05) is 36.1 Å². The predicted octanol–water partition coefficient (Wildman–Crippen LogP) is 1.81. The molecular weight excluding hydrogens is 326 g/mol. The summed E-state index contributed by atoms with van der Waals surface area (Å²) in [6.45, 7) is 3.70. The van der Waals surface area contributed by atoms with Gasteiger partial charge < -0.3 is 16.0 Å². The Morgan fingerprint density at radius 3 is 2.62 bits per heavy atom. The largest absolute Gasteiger partial charge is 0.354 e. The smallest absolute Gasteiger partial charge is 0.227 e. The maximum atomic E-state index is 12.6. The van der Waals surface area contributed by atoms with E-state index in [0.29, 0.717) is 25.9 Å². The average molecular weight is 354 g/mol. The van der Waals surface area contributed by atoms with Crippen LogP contribution in [0.15, 0.2) is 24.3 Å². The molecule has 2 rings (SSSR count). The van der Waals surface area contributed by atoms with Crippen molar-refractivity contribution in [1.29, 1.82) is 0 Å². The molecule has 1 aromatic carbocycles. The van der Waals surface area contributed by atoms with E-state index in [9.17, 15) is 9.59 Å². The molecule has 1 fully saturated rings. The summed E-state index contributed by atoms with van der Waals surface area (Å²) in [7, 11) is 0. The maximum absolute atomic E-state index is 12.6. The van der Waals surface area contributed by atoms with Gasteiger partial charge in [0, 0.05) is 32.1 Å². The molecule has 1 aliphatic heterocycles. The van der Waals surface area contributed by atoms with E-state index in [4.69, 9.17) is 5.73 Å². The van der Waals surface area contributed by atoms with Crippen LogP contribution in [0, 0.1) is 6.92 Å². The molecule has 134 valence electrons. The lowest BCUT2D eigenvalue weighted by Gasteiger charge is -2.36. The van der Waals surface area contributed by atoms with Crippen LogP contribution in [-0.2, 0) is 16.0 Å². The minimum absolute atomic E-state index is 0. The second-order valence-corrected chi connectivity index (χ2v) is 6.24. The van der Waals surface area contributed by atoms with Gasteiger partial charge in [0.25, 0.3) is 0 Å². The molecule has 1 atom stereocenters. The number of nitrogens with one attached hydrogen (secondary N) is 1. The Bertz CT molecular complexity index is 534. The Balaban J connectivity index is 0.00000288. The zero-order valence-electron chi connectivity index (χ0n) is 14.3. The molecule has 0 aromatic heterocycles. The van der Waals surface area contributed by atoms with Crippen LogP contribution in [0.5, 0.6) is 0 Å². The highest BCUT2D eigenvalue weighted by molar-refractivity contribution is 5.85. The lowest BCUT2D eigenvalue weighted by molar-refractivity contribution is -0.134. The van der Waals surface area contributed by atoms with Gasteiger partial charge in [0.2, 0.25) is 11.8 Å². The quantitative estimate of drug-likeness (QED) is 0.818. The molecule has 6 heteroatoms. The molecule has 1 aliphatic rings. The van der Waals surface area contributed by atoms with Crippen LogP contribution >= 0.6 is 12.4 Å². The zero-order valence-corrected chi connectivity index (χ0v) is 15.1. The van der Waals surface area contributed by atoms with Gasteiger partial charge in [0.15, 0.2) is 0 Å². The Kier molecular flexibility index (Phi) is 8.79. The number of hydrogen-bond donors (Lipinski definition) is 2. The van der Waals surface area contributed by atoms with Crippen molar-refractivity contribution in [2.45, 2.75) is 45.1 Å². The number of carbonyl (C=O) groups excluding carboxylic acids is 2. The Morgan fingerprint density at radius 2 is 1.96 bits per heavy atom. The summed E-state index contributed by atoms with van der Waals surface area (Å²) in [6.07, 6.45) is 3.85. The fourth-order valence-electron chi connectivity index (χ4n) is 2.97. The first-order valence-electron chi connectivity index (χ1n) is 8.42. The van der Waals surface area contributed by atoms with Crippen LogP contribution in [-0.4, -0.2) is 42.4 Å². The number of amides is 2. The number of carbonyl (C=O) groups is 2. The van der Waals surface area contributed by atoms with Crippen molar-refractivity contribution in [3.63, 3.8) is 0 Å². The molecule has 1 aromatic rings. The summed E-state index contributed by atoms with van der Waals surface area (Å²) < 4.78 is 0. The molecular formula is C18H28ClN3O2. The zero-order chi connectivity index (χ0) is 16.7.